The van der Waals surface area contributed by atoms with Crippen molar-refractivity contribution >= 4 is 5.82 Å². The van der Waals surface area contributed by atoms with Crippen molar-refractivity contribution in [3.05, 3.63) is 30.2 Å². The molecule has 2 heterocycles. The molecule has 7 nitrogen and oxygen atoms in total. The van der Waals surface area contributed by atoms with Gasteiger partial charge in [0, 0.05) is 38.4 Å². The molecule has 0 bridgehead atoms. The second kappa shape index (κ2) is 6.17. The second-order valence-corrected chi connectivity index (χ2v) is 5.36. The Labute approximate surface area is 124 Å². The summed E-state index contributed by atoms with van der Waals surface area (Å²) in [4.78, 5) is 10.8. The van der Waals surface area contributed by atoms with Crippen LogP contribution in [0, 0.1) is 0 Å². The summed E-state index contributed by atoms with van der Waals surface area (Å²) in [5.74, 6) is 2.46. The molecule has 2 aromatic rings. The summed E-state index contributed by atoms with van der Waals surface area (Å²) >= 11 is 0. The summed E-state index contributed by atoms with van der Waals surface area (Å²) in [5.41, 5.74) is 1.15. The van der Waals surface area contributed by atoms with Gasteiger partial charge in [-0.15, -0.1) is 10.2 Å². The van der Waals surface area contributed by atoms with Gasteiger partial charge in [0.15, 0.2) is 5.82 Å². The molecule has 0 aromatic carbocycles. The fourth-order valence-corrected chi connectivity index (χ4v) is 2.24. The zero-order valence-corrected chi connectivity index (χ0v) is 12.4. The monoisotopic (exact) mass is 288 g/mol. The van der Waals surface area contributed by atoms with Crippen molar-refractivity contribution in [2.75, 3.05) is 25.7 Å². The molecular weight excluding hydrogens is 268 g/mol. The Morgan fingerprint density at radius 3 is 3.00 bits per heavy atom. The minimum atomic E-state index is 0.630. The smallest absolute Gasteiger partial charge is 0.152 e. The van der Waals surface area contributed by atoms with Crippen molar-refractivity contribution in [3.63, 3.8) is 0 Å². The van der Waals surface area contributed by atoms with E-state index < -0.39 is 0 Å². The molecule has 0 saturated heterocycles. The van der Waals surface area contributed by atoms with Crippen LogP contribution in [-0.2, 0) is 17.8 Å². The van der Waals surface area contributed by atoms with Crippen LogP contribution in [-0.4, -0.2) is 45.5 Å². The van der Waals surface area contributed by atoms with Crippen LogP contribution < -0.4 is 4.90 Å². The van der Waals surface area contributed by atoms with Crippen molar-refractivity contribution in [1.82, 2.24) is 24.7 Å². The van der Waals surface area contributed by atoms with Gasteiger partial charge < -0.3 is 14.2 Å². The third kappa shape index (κ3) is 3.36. The highest BCUT2D eigenvalue weighted by Crippen LogP contribution is 2.39. The predicted octanol–water partition coefficient (Wildman–Crippen LogP) is 1.23. The van der Waals surface area contributed by atoms with E-state index in [1.165, 1.54) is 12.8 Å². The fraction of sp³-hybridized carbons (Fsp3) is 0.571. The van der Waals surface area contributed by atoms with Crippen LogP contribution >= 0.6 is 0 Å². The van der Waals surface area contributed by atoms with Gasteiger partial charge in [0.25, 0.3) is 0 Å². The molecule has 21 heavy (non-hydrogen) atoms. The highest BCUT2D eigenvalue weighted by Gasteiger charge is 2.25. The van der Waals surface area contributed by atoms with E-state index in [9.17, 15) is 0 Å². The first kappa shape index (κ1) is 13.9. The second-order valence-electron chi connectivity index (χ2n) is 5.36. The van der Waals surface area contributed by atoms with Gasteiger partial charge in [-0.25, -0.2) is 9.97 Å². The molecule has 0 spiro atoms. The van der Waals surface area contributed by atoms with Crippen LogP contribution in [0.4, 0.5) is 5.82 Å². The minimum Gasteiger partial charge on any atom is -0.383 e. The van der Waals surface area contributed by atoms with E-state index in [1.54, 1.807) is 19.8 Å². The number of nitrogens with zero attached hydrogens (tertiary/aromatic N) is 6. The van der Waals surface area contributed by atoms with Crippen molar-refractivity contribution in [3.8, 4) is 0 Å². The molecular formula is C14H20N6O. The minimum absolute atomic E-state index is 0.630. The van der Waals surface area contributed by atoms with E-state index in [-0.39, 0.29) is 0 Å². The Morgan fingerprint density at radius 2 is 2.24 bits per heavy atom. The molecule has 1 aliphatic rings. The zero-order chi connectivity index (χ0) is 14.7. The van der Waals surface area contributed by atoms with Gasteiger partial charge in [-0.2, -0.15) is 0 Å². The predicted molar refractivity (Wildman–Crippen MR) is 78.0 cm³/mol. The van der Waals surface area contributed by atoms with Crippen LogP contribution in [0.15, 0.2) is 18.7 Å². The van der Waals surface area contributed by atoms with Crippen LogP contribution in [0.25, 0.3) is 0 Å². The summed E-state index contributed by atoms with van der Waals surface area (Å²) in [6.07, 6.45) is 5.87. The van der Waals surface area contributed by atoms with Crippen molar-refractivity contribution in [2.24, 2.45) is 0 Å². The third-order valence-corrected chi connectivity index (χ3v) is 3.67. The van der Waals surface area contributed by atoms with Gasteiger partial charge in [-0.3, -0.25) is 0 Å². The van der Waals surface area contributed by atoms with Crippen LogP contribution in [0.1, 0.15) is 30.3 Å². The molecule has 1 fully saturated rings. The van der Waals surface area contributed by atoms with E-state index in [1.807, 2.05) is 11.6 Å². The lowest BCUT2D eigenvalue weighted by atomic mass is 10.2. The highest BCUT2D eigenvalue weighted by atomic mass is 16.5. The molecule has 1 saturated carbocycles. The number of hydrogen-bond donors (Lipinski definition) is 0. The van der Waals surface area contributed by atoms with Gasteiger partial charge in [0.1, 0.15) is 18.5 Å². The molecule has 0 radical (unpaired) electrons. The summed E-state index contributed by atoms with van der Waals surface area (Å²) in [6.45, 7) is 2.06. The first-order valence-corrected chi connectivity index (χ1v) is 7.16. The molecule has 0 amide bonds. The SMILES string of the molecule is COCCn1cnnc1CN(C)c1cc(C2CC2)ncn1. The van der Waals surface area contributed by atoms with E-state index in [2.05, 4.69) is 31.1 Å². The molecule has 0 N–H and O–H groups in total. The van der Waals surface area contributed by atoms with E-state index in [0.717, 1.165) is 23.9 Å². The van der Waals surface area contributed by atoms with Gasteiger partial charge in [0.2, 0.25) is 0 Å². The molecule has 2 aromatic heterocycles. The summed E-state index contributed by atoms with van der Waals surface area (Å²) < 4.78 is 7.10. The largest absolute Gasteiger partial charge is 0.383 e. The van der Waals surface area contributed by atoms with E-state index in [4.69, 9.17) is 4.74 Å². The summed E-state index contributed by atoms with van der Waals surface area (Å²) in [7, 11) is 3.70. The molecule has 1 aliphatic carbocycles. The average Bonchev–Trinajstić information content (AvgIpc) is 3.27. The maximum absolute atomic E-state index is 5.10. The standard InChI is InChI=1S/C14H20N6O/c1-19(8-14-18-17-10-20(14)5-6-21-2)13-7-12(11-3-4-11)15-9-16-13/h7,9-11H,3-6,8H2,1-2H3. The Morgan fingerprint density at radius 1 is 1.38 bits per heavy atom. The Hall–Kier alpha value is -2.02. The van der Waals surface area contributed by atoms with E-state index in [0.29, 0.717) is 19.1 Å². The average molecular weight is 288 g/mol. The van der Waals surface area contributed by atoms with Gasteiger partial charge in [0.05, 0.1) is 13.2 Å². The van der Waals surface area contributed by atoms with Gasteiger partial charge in [-0.1, -0.05) is 0 Å². The lowest BCUT2D eigenvalue weighted by molar-refractivity contribution is 0.186. The van der Waals surface area contributed by atoms with Crippen molar-refractivity contribution in [1.29, 1.82) is 0 Å². The first-order valence-electron chi connectivity index (χ1n) is 7.16. The molecule has 0 unspecified atom stereocenters. The van der Waals surface area contributed by atoms with Gasteiger partial charge >= 0.3 is 0 Å². The highest BCUT2D eigenvalue weighted by molar-refractivity contribution is 5.39. The molecule has 7 heteroatoms. The number of rotatable bonds is 7. The maximum Gasteiger partial charge on any atom is 0.152 e. The molecule has 3 rings (SSSR count). The Bertz CT molecular complexity index is 595. The number of anilines is 1. The van der Waals surface area contributed by atoms with Crippen LogP contribution in [0.5, 0.6) is 0 Å². The number of methoxy groups -OCH3 is 1. The number of hydrogen-bond acceptors (Lipinski definition) is 6. The first-order chi connectivity index (χ1) is 10.3. The molecule has 0 atom stereocenters. The van der Waals surface area contributed by atoms with Crippen LogP contribution in [0.3, 0.4) is 0 Å². The lowest BCUT2D eigenvalue weighted by Gasteiger charge is -2.18. The summed E-state index contributed by atoms with van der Waals surface area (Å²) in [6, 6.07) is 2.08. The lowest BCUT2D eigenvalue weighted by Crippen LogP contribution is -2.21. The van der Waals surface area contributed by atoms with Gasteiger partial charge in [-0.05, 0) is 12.8 Å². The number of aromatic nitrogens is 5. The summed E-state index contributed by atoms with van der Waals surface area (Å²) in [5, 5.41) is 8.15. The fourth-order valence-electron chi connectivity index (χ4n) is 2.24. The van der Waals surface area contributed by atoms with Crippen molar-refractivity contribution < 1.29 is 4.74 Å². The van der Waals surface area contributed by atoms with Crippen molar-refractivity contribution in [2.45, 2.75) is 31.8 Å². The Kier molecular flexibility index (Phi) is 4.10. The third-order valence-electron chi connectivity index (χ3n) is 3.67. The Balaban J connectivity index is 1.69. The molecule has 0 aliphatic heterocycles. The number of ether oxygens (including phenoxy) is 1. The van der Waals surface area contributed by atoms with Crippen LogP contribution in [0.2, 0.25) is 0 Å². The normalized spacial score (nSPS) is 14.4. The maximum atomic E-state index is 5.10. The topological polar surface area (TPSA) is 69.0 Å². The molecule has 112 valence electrons. The quantitative estimate of drug-likeness (QED) is 0.763. The zero-order valence-electron chi connectivity index (χ0n) is 12.4. The van der Waals surface area contributed by atoms with E-state index >= 15 is 0 Å².